The highest BCUT2D eigenvalue weighted by molar-refractivity contribution is 7.89. The van der Waals surface area contributed by atoms with E-state index in [1.54, 1.807) is 0 Å². The molecule has 0 bridgehead atoms. The number of hydrogen-bond acceptors (Lipinski definition) is 3. The Hall–Kier alpha value is -0.130. The van der Waals surface area contributed by atoms with Crippen molar-refractivity contribution >= 4 is 10.0 Å². The zero-order valence-corrected chi connectivity index (χ0v) is 9.79. The molecule has 4 nitrogen and oxygen atoms in total. The van der Waals surface area contributed by atoms with E-state index in [2.05, 4.69) is 0 Å². The predicted molar refractivity (Wildman–Crippen MR) is 55.4 cm³/mol. The van der Waals surface area contributed by atoms with Crippen LogP contribution in [0, 0.1) is 11.8 Å². The fourth-order valence-corrected chi connectivity index (χ4v) is 4.13. The lowest BCUT2D eigenvalue weighted by molar-refractivity contribution is 0.153. The molecule has 0 aromatic heterocycles. The molecule has 1 rings (SSSR count). The second-order valence-electron chi connectivity index (χ2n) is 4.45. The smallest absolute Gasteiger partial charge is 0.214 e. The van der Waals surface area contributed by atoms with E-state index in [0.29, 0.717) is 6.54 Å². The summed E-state index contributed by atoms with van der Waals surface area (Å²) >= 11 is 0. The summed E-state index contributed by atoms with van der Waals surface area (Å²) in [7, 11) is -3.12. The highest BCUT2D eigenvalue weighted by Crippen LogP contribution is 2.24. The molecule has 0 aromatic rings. The maximum atomic E-state index is 11.7. The highest BCUT2D eigenvalue weighted by Gasteiger charge is 2.39. The number of aliphatic hydroxyl groups excluding tert-OH is 1. The van der Waals surface area contributed by atoms with Gasteiger partial charge in [0.15, 0.2) is 0 Å². The molecule has 0 saturated carbocycles. The van der Waals surface area contributed by atoms with E-state index in [4.69, 9.17) is 5.11 Å². The SMILES string of the molecule is CC1CN([C@@H](CO)C(C)C)S(=O)(=O)C1. The lowest BCUT2D eigenvalue weighted by Crippen LogP contribution is -2.42. The maximum Gasteiger partial charge on any atom is 0.214 e. The lowest BCUT2D eigenvalue weighted by atomic mass is 10.0. The standard InChI is InChI=1S/C9H19NO3S/c1-7(2)9(5-11)10-4-8(3)6-14(10,12)13/h7-9,11H,4-6H2,1-3H3/t8?,9-/m0/s1. The van der Waals surface area contributed by atoms with E-state index in [1.165, 1.54) is 4.31 Å². The van der Waals surface area contributed by atoms with Crippen molar-refractivity contribution in [3.8, 4) is 0 Å². The molecule has 5 heteroatoms. The summed E-state index contributed by atoms with van der Waals surface area (Å²) in [5.41, 5.74) is 0. The average molecular weight is 221 g/mol. The summed E-state index contributed by atoms with van der Waals surface area (Å²) < 4.78 is 24.8. The summed E-state index contributed by atoms with van der Waals surface area (Å²) in [5, 5.41) is 9.17. The Morgan fingerprint density at radius 2 is 2.07 bits per heavy atom. The number of hydrogen-bond donors (Lipinski definition) is 1. The van der Waals surface area contributed by atoms with Gasteiger partial charge in [-0.05, 0) is 11.8 Å². The molecule has 0 aromatic carbocycles. The quantitative estimate of drug-likeness (QED) is 0.745. The third-order valence-electron chi connectivity index (χ3n) is 2.67. The first-order valence-electron chi connectivity index (χ1n) is 4.99. The Balaban J connectivity index is 2.86. The van der Waals surface area contributed by atoms with Crippen LogP contribution in [0.15, 0.2) is 0 Å². The topological polar surface area (TPSA) is 57.6 Å². The second-order valence-corrected chi connectivity index (χ2v) is 6.41. The molecule has 1 aliphatic heterocycles. The Morgan fingerprint density at radius 1 is 1.50 bits per heavy atom. The Morgan fingerprint density at radius 3 is 2.36 bits per heavy atom. The van der Waals surface area contributed by atoms with Crippen LogP contribution >= 0.6 is 0 Å². The van der Waals surface area contributed by atoms with Crippen molar-refractivity contribution in [3.63, 3.8) is 0 Å². The van der Waals surface area contributed by atoms with E-state index in [9.17, 15) is 8.42 Å². The minimum atomic E-state index is -3.12. The van der Waals surface area contributed by atoms with Crippen LogP contribution in [0.4, 0.5) is 0 Å². The molecular weight excluding hydrogens is 202 g/mol. The molecule has 84 valence electrons. The van der Waals surface area contributed by atoms with Gasteiger partial charge in [0, 0.05) is 6.54 Å². The van der Waals surface area contributed by atoms with Crippen molar-refractivity contribution in [1.82, 2.24) is 4.31 Å². The lowest BCUT2D eigenvalue weighted by Gasteiger charge is -2.27. The molecule has 0 amide bonds. The molecule has 1 N–H and O–H groups in total. The van der Waals surface area contributed by atoms with Gasteiger partial charge in [0.2, 0.25) is 10.0 Å². The van der Waals surface area contributed by atoms with Crippen molar-refractivity contribution in [2.24, 2.45) is 11.8 Å². The van der Waals surface area contributed by atoms with Gasteiger partial charge in [-0.1, -0.05) is 20.8 Å². The van der Waals surface area contributed by atoms with Crippen molar-refractivity contribution in [1.29, 1.82) is 0 Å². The van der Waals surface area contributed by atoms with Gasteiger partial charge in [-0.25, -0.2) is 8.42 Å². The Bertz CT molecular complexity index is 286. The molecule has 2 atom stereocenters. The van der Waals surface area contributed by atoms with Crippen LogP contribution in [-0.4, -0.2) is 42.8 Å². The van der Waals surface area contributed by atoms with Gasteiger partial charge in [-0.2, -0.15) is 4.31 Å². The van der Waals surface area contributed by atoms with Crippen LogP contribution in [0.25, 0.3) is 0 Å². The number of sulfonamides is 1. The summed E-state index contributed by atoms with van der Waals surface area (Å²) in [4.78, 5) is 0. The van der Waals surface area contributed by atoms with Crippen LogP contribution in [0.1, 0.15) is 20.8 Å². The molecule has 0 aliphatic carbocycles. The average Bonchev–Trinajstić information content (AvgIpc) is 2.26. The van der Waals surface area contributed by atoms with Crippen molar-refractivity contribution in [2.75, 3.05) is 18.9 Å². The number of nitrogens with zero attached hydrogens (tertiary/aromatic N) is 1. The van der Waals surface area contributed by atoms with Crippen LogP contribution in [0.2, 0.25) is 0 Å². The minimum Gasteiger partial charge on any atom is -0.395 e. The van der Waals surface area contributed by atoms with E-state index in [-0.39, 0.29) is 30.2 Å². The van der Waals surface area contributed by atoms with Gasteiger partial charge in [0.05, 0.1) is 18.4 Å². The summed E-state index contributed by atoms with van der Waals surface area (Å²) in [6.45, 7) is 6.24. The third-order valence-corrected chi connectivity index (χ3v) is 4.80. The van der Waals surface area contributed by atoms with E-state index < -0.39 is 10.0 Å². The van der Waals surface area contributed by atoms with Crippen molar-refractivity contribution in [2.45, 2.75) is 26.8 Å². The van der Waals surface area contributed by atoms with Crippen LogP contribution < -0.4 is 0 Å². The van der Waals surface area contributed by atoms with Crippen LogP contribution in [0.3, 0.4) is 0 Å². The molecule has 14 heavy (non-hydrogen) atoms. The normalized spacial score (nSPS) is 29.6. The molecule has 0 spiro atoms. The zero-order valence-electron chi connectivity index (χ0n) is 8.97. The van der Waals surface area contributed by atoms with Crippen LogP contribution in [0.5, 0.6) is 0 Å². The highest BCUT2D eigenvalue weighted by atomic mass is 32.2. The predicted octanol–water partition coefficient (Wildman–Crippen LogP) is 0.285. The largest absolute Gasteiger partial charge is 0.395 e. The van der Waals surface area contributed by atoms with Crippen molar-refractivity contribution in [3.05, 3.63) is 0 Å². The third kappa shape index (κ3) is 2.27. The van der Waals surface area contributed by atoms with Gasteiger partial charge in [-0.3, -0.25) is 0 Å². The van der Waals surface area contributed by atoms with Gasteiger partial charge in [-0.15, -0.1) is 0 Å². The first-order chi connectivity index (χ1) is 6.38. The van der Waals surface area contributed by atoms with Gasteiger partial charge in [0.1, 0.15) is 0 Å². The fraction of sp³-hybridized carbons (Fsp3) is 1.00. The second kappa shape index (κ2) is 4.16. The molecule has 1 fully saturated rings. The Labute approximate surface area is 86.0 Å². The minimum absolute atomic E-state index is 0.0936. The summed E-state index contributed by atoms with van der Waals surface area (Å²) in [6.07, 6.45) is 0. The summed E-state index contributed by atoms with van der Waals surface area (Å²) in [6, 6.07) is -0.259. The van der Waals surface area contributed by atoms with E-state index in [1.807, 2.05) is 20.8 Å². The zero-order chi connectivity index (χ0) is 10.9. The molecule has 1 heterocycles. The monoisotopic (exact) mass is 221 g/mol. The van der Waals surface area contributed by atoms with Crippen LogP contribution in [-0.2, 0) is 10.0 Å². The summed E-state index contributed by atoms with van der Waals surface area (Å²) in [5.74, 6) is 0.545. The Kier molecular flexibility index (Phi) is 3.55. The van der Waals surface area contributed by atoms with Gasteiger partial charge >= 0.3 is 0 Å². The first kappa shape index (κ1) is 11.9. The molecule has 1 saturated heterocycles. The molecule has 1 unspecified atom stereocenters. The number of aliphatic hydroxyl groups is 1. The molecule has 0 radical (unpaired) electrons. The fourth-order valence-electron chi connectivity index (χ4n) is 1.90. The maximum absolute atomic E-state index is 11.7. The first-order valence-corrected chi connectivity index (χ1v) is 6.59. The van der Waals surface area contributed by atoms with Crippen molar-refractivity contribution < 1.29 is 13.5 Å². The van der Waals surface area contributed by atoms with Gasteiger partial charge in [0.25, 0.3) is 0 Å². The van der Waals surface area contributed by atoms with Gasteiger partial charge < -0.3 is 5.11 Å². The molecular formula is C9H19NO3S. The van der Waals surface area contributed by atoms with E-state index in [0.717, 1.165) is 0 Å². The molecule has 1 aliphatic rings. The number of rotatable bonds is 3. The van der Waals surface area contributed by atoms with E-state index >= 15 is 0 Å².